The van der Waals surface area contributed by atoms with E-state index in [1.54, 1.807) is 19.1 Å². The van der Waals surface area contributed by atoms with E-state index in [-0.39, 0.29) is 11.8 Å². The Morgan fingerprint density at radius 3 is 2.21 bits per heavy atom. The fraction of sp³-hybridized carbons (Fsp3) is 0.300. The molecule has 1 aliphatic rings. The molecule has 4 nitrogen and oxygen atoms in total. The molecule has 1 unspecified atom stereocenters. The van der Waals surface area contributed by atoms with Gasteiger partial charge in [0.25, 0.3) is 5.91 Å². The Labute approximate surface area is 142 Å². The summed E-state index contributed by atoms with van der Waals surface area (Å²) in [6.07, 6.45) is 2.08. The van der Waals surface area contributed by atoms with Crippen molar-refractivity contribution in [2.45, 2.75) is 38.4 Å². The molecule has 1 N–H and O–H groups in total. The van der Waals surface area contributed by atoms with Crippen LogP contribution in [0.4, 0.5) is 0 Å². The molecule has 0 heterocycles. The Morgan fingerprint density at radius 1 is 1.04 bits per heavy atom. The van der Waals surface area contributed by atoms with Gasteiger partial charge < -0.3 is 10.2 Å². The maximum absolute atomic E-state index is 12.8. The number of amides is 2. The highest BCUT2D eigenvalue weighted by molar-refractivity contribution is 5.97. The number of carbonyl (C=O) groups excluding carboxylic acids is 2. The van der Waals surface area contributed by atoms with Crippen LogP contribution in [0.2, 0.25) is 0 Å². The van der Waals surface area contributed by atoms with Gasteiger partial charge in [-0.1, -0.05) is 48.5 Å². The summed E-state index contributed by atoms with van der Waals surface area (Å²) in [4.78, 5) is 26.9. The molecular weight excluding hydrogens is 300 g/mol. The number of nitrogens with one attached hydrogen (secondary N) is 1. The van der Waals surface area contributed by atoms with Crippen molar-refractivity contribution in [3.63, 3.8) is 0 Å². The molecule has 3 rings (SSSR count). The second kappa shape index (κ2) is 7.30. The highest BCUT2D eigenvalue weighted by Gasteiger charge is 2.34. The van der Waals surface area contributed by atoms with Crippen molar-refractivity contribution in [3.8, 4) is 0 Å². The molecule has 4 heteroatoms. The predicted octanol–water partition coefficient (Wildman–Crippen LogP) is 3.00. The Balaban J connectivity index is 1.65. The van der Waals surface area contributed by atoms with Crippen molar-refractivity contribution in [1.29, 1.82) is 0 Å². The number of rotatable bonds is 6. The van der Waals surface area contributed by atoms with Crippen LogP contribution in [0.25, 0.3) is 0 Å². The van der Waals surface area contributed by atoms with Gasteiger partial charge in [-0.2, -0.15) is 0 Å². The van der Waals surface area contributed by atoms with E-state index >= 15 is 0 Å². The highest BCUT2D eigenvalue weighted by Crippen LogP contribution is 2.29. The lowest BCUT2D eigenvalue weighted by Gasteiger charge is -2.26. The van der Waals surface area contributed by atoms with Crippen molar-refractivity contribution >= 4 is 11.8 Å². The molecule has 1 aliphatic carbocycles. The lowest BCUT2D eigenvalue weighted by atomic mass is 10.1. The van der Waals surface area contributed by atoms with Gasteiger partial charge in [-0.3, -0.25) is 9.59 Å². The third-order valence-electron chi connectivity index (χ3n) is 4.22. The molecule has 24 heavy (non-hydrogen) atoms. The Bertz CT molecular complexity index is 696. The SMILES string of the molecule is CC(NC(=O)c1ccccc1)C(=O)N(Cc1ccccc1)C1CC1. The van der Waals surface area contributed by atoms with E-state index < -0.39 is 6.04 Å². The van der Waals surface area contributed by atoms with Gasteiger partial charge in [0.05, 0.1) is 0 Å². The number of carbonyl (C=O) groups is 2. The van der Waals surface area contributed by atoms with E-state index in [0.29, 0.717) is 18.2 Å². The molecule has 0 aromatic heterocycles. The van der Waals surface area contributed by atoms with Crippen LogP contribution in [0.1, 0.15) is 35.7 Å². The summed E-state index contributed by atoms with van der Waals surface area (Å²) in [6, 6.07) is 18.7. The Kier molecular flexibility index (Phi) is 4.94. The normalized spacial score (nSPS) is 14.7. The standard InChI is InChI=1S/C20H22N2O2/c1-15(21-19(23)17-10-6-3-7-11-17)20(24)22(18-12-13-18)14-16-8-4-2-5-9-16/h2-11,15,18H,12-14H2,1H3,(H,21,23). The first-order valence-corrected chi connectivity index (χ1v) is 8.35. The number of benzene rings is 2. The minimum absolute atomic E-state index is 0.0226. The average molecular weight is 322 g/mol. The predicted molar refractivity (Wildman–Crippen MR) is 93.4 cm³/mol. The van der Waals surface area contributed by atoms with Crippen LogP contribution in [0, 0.1) is 0 Å². The van der Waals surface area contributed by atoms with Gasteiger partial charge in [0.1, 0.15) is 6.04 Å². The molecule has 1 fully saturated rings. The maximum atomic E-state index is 12.8. The number of hydrogen-bond acceptors (Lipinski definition) is 2. The van der Waals surface area contributed by atoms with Gasteiger partial charge >= 0.3 is 0 Å². The minimum atomic E-state index is -0.540. The van der Waals surface area contributed by atoms with Crippen molar-refractivity contribution < 1.29 is 9.59 Å². The van der Waals surface area contributed by atoms with Gasteiger partial charge in [0.15, 0.2) is 0 Å². The summed E-state index contributed by atoms with van der Waals surface area (Å²) in [6.45, 7) is 2.35. The van der Waals surface area contributed by atoms with Crippen LogP contribution >= 0.6 is 0 Å². The molecule has 1 atom stereocenters. The second-order valence-corrected chi connectivity index (χ2v) is 6.24. The van der Waals surface area contributed by atoms with E-state index in [9.17, 15) is 9.59 Å². The van der Waals surface area contributed by atoms with Gasteiger partial charge in [-0.05, 0) is 37.5 Å². The first kappa shape index (κ1) is 16.2. The third kappa shape index (κ3) is 4.02. The fourth-order valence-electron chi connectivity index (χ4n) is 2.73. The summed E-state index contributed by atoms with van der Waals surface area (Å²) < 4.78 is 0. The molecular formula is C20H22N2O2. The topological polar surface area (TPSA) is 49.4 Å². The van der Waals surface area contributed by atoms with Gasteiger partial charge in [-0.15, -0.1) is 0 Å². The molecule has 0 saturated heterocycles. The van der Waals surface area contributed by atoms with Gasteiger partial charge in [0.2, 0.25) is 5.91 Å². The Morgan fingerprint density at radius 2 is 1.62 bits per heavy atom. The minimum Gasteiger partial charge on any atom is -0.341 e. The first-order chi connectivity index (χ1) is 11.6. The van der Waals surface area contributed by atoms with Crippen LogP contribution < -0.4 is 5.32 Å². The van der Waals surface area contributed by atoms with Crippen LogP contribution in [0.5, 0.6) is 0 Å². The van der Waals surface area contributed by atoms with Gasteiger partial charge in [-0.25, -0.2) is 0 Å². The second-order valence-electron chi connectivity index (χ2n) is 6.24. The third-order valence-corrected chi connectivity index (χ3v) is 4.22. The zero-order valence-electron chi connectivity index (χ0n) is 13.8. The Hall–Kier alpha value is -2.62. The molecule has 2 aromatic rings. The van der Waals surface area contributed by atoms with E-state index in [0.717, 1.165) is 18.4 Å². The largest absolute Gasteiger partial charge is 0.341 e. The van der Waals surface area contributed by atoms with Crippen LogP contribution in [-0.2, 0) is 11.3 Å². The van der Waals surface area contributed by atoms with E-state index in [4.69, 9.17) is 0 Å². The van der Waals surface area contributed by atoms with E-state index in [1.807, 2.05) is 53.4 Å². The summed E-state index contributed by atoms with van der Waals surface area (Å²) in [5.41, 5.74) is 1.68. The van der Waals surface area contributed by atoms with Crippen molar-refractivity contribution in [2.24, 2.45) is 0 Å². The molecule has 2 aromatic carbocycles. The van der Waals surface area contributed by atoms with E-state index in [2.05, 4.69) is 5.32 Å². The highest BCUT2D eigenvalue weighted by atomic mass is 16.2. The van der Waals surface area contributed by atoms with Crippen LogP contribution in [0.3, 0.4) is 0 Å². The lowest BCUT2D eigenvalue weighted by Crippen LogP contribution is -2.47. The molecule has 0 spiro atoms. The van der Waals surface area contributed by atoms with E-state index in [1.165, 1.54) is 0 Å². The zero-order valence-corrected chi connectivity index (χ0v) is 13.8. The van der Waals surface area contributed by atoms with Crippen molar-refractivity contribution in [1.82, 2.24) is 10.2 Å². The quantitative estimate of drug-likeness (QED) is 0.889. The average Bonchev–Trinajstić information content (AvgIpc) is 3.45. The van der Waals surface area contributed by atoms with Crippen molar-refractivity contribution in [3.05, 3.63) is 71.8 Å². The number of nitrogens with zero attached hydrogens (tertiary/aromatic N) is 1. The molecule has 124 valence electrons. The molecule has 1 saturated carbocycles. The van der Waals surface area contributed by atoms with Crippen LogP contribution in [-0.4, -0.2) is 28.8 Å². The zero-order chi connectivity index (χ0) is 16.9. The maximum Gasteiger partial charge on any atom is 0.251 e. The van der Waals surface area contributed by atoms with Crippen molar-refractivity contribution in [2.75, 3.05) is 0 Å². The number of hydrogen-bond donors (Lipinski definition) is 1. The summed E-state index contributed by atoms with van der Waals surface area (Å²) in [7, 11) is 0. The smallest absolute Gasteiger partial charge is 0.251 e. The molecule has 0 aliphatic heterocycles. The summed E-state index contributed by atoms with van der Waals surface area (Å²) in [5, 5.41) is 2.81. The van der Waals surface area contributed by atoms with Gasteiger partial charge in [0, 0.05) is 18.2 Å². The lowest BCUT2D eigenvalue weighted by molar-refractivity contribution is -0.134. The first-order valence-electron chi connectivity index (χ1n) is 8.35. The molecule has 0 bridgehead atoms. The van der Waals surface area contributed by atoms with Crippen LogP contribution in [0.15, 0.2) is 60.7 Å². The monoisotopic (exact) mass is 322 g/mol. The summed E-state index contributed by atoms with van der Waals surface area (Å²) >= 11 is 0. The molecule has 0 radical (unpaired) electrons. The molecule has 2 amide bonds. The fourth-order valence-corrected chi connectivity index (χ4v) is 2.73. The summed E-state index contributed by atoms with van der Waals surface area (Å²) in [5.74, 6) is -0.238.